The Hall–Kier alpha value is -1.85. The van der Waals surface area contributed by atoms with Gasteiger partial charge in [0.15, 0.2) is 0 Å². The molecule has 6 heteroatoms. The second kappa shape index (κ2) is 7.24. The third kappa shape index (κ3) is 4.58. The van der Waals surface area contributed by atoms with Crippen molar-refractivity contribution in [3.8, 4) is 5.88 Å². The molecule has 1 aromatic rings. The maximum absolute atomic E-state index is 11.2. The summed E-state index contributed by atoms with van der Waals surface area (Å²) < 4.78 is 5.49. The Kier molecular flexibility index (Phi) is 5.36. The van der Waals surface area contributed by atoms with Crippen molar-refractivity contribution in [1.82, 2.24) is 9.97 Å². The highest BCUT2D eigenvalue weighted by molar-refractivity contribution is 5.69. The van der Waals surface area contributed by atoms with E-state index in [-0.39, 0.29) is 6.42 Å². The van der Waals surface area contributed by atoms with Crippen molar-refractivity contribution in [2.45, 2.75) is 57.4 Å². The molecule has 6 nitrogen and oxygen atoms in total. The molecule has 2 N–H and O–H groups in total. The van der Waals surface area contributed by atoms with E-state index in [0.29, 0.717) is 18.4 Å². The van der Waals surface area contributed by atoms with Gasteiger partial charge < -0.3 is 15.2 Å². The third-order valence-electron chi connectivity index (χ3n) is 3.76. The van der Waals surface area contributed by atoms with E-state index in [9.17, 15) is 9.90 Å². The minimum atomic E-state index is -0.789. The Morgan fingerprint density at radius 1 is 1.43 bits per heavy atom. The van der Waals surface area contributed by atoms with E-state index in [4.69, 9.17) is 4.74 Å². The molecular weight excluding hydrogens is 270 g/mol. The number of ether oxygens (including phenoxy) is 1. The standard InChI is InChI=1S/C15H23N3O3/c1-2-10-21-12-6-9-16-14(17-12)18-15(11-13(19)20)7-4-3-5-8-15/h6,9H,2-5,7-8,10-11H2,1H3,(H,19,20)(H,16,17,18). The van der Waals surface area contributed by atoms with Crippen LogP contribution in [0.2, 0.25) is 0 Å². The summed E-state index contributed by atoms with van der Waals surface area (Å²) >= 11 is 0. The molecular formula is C15H23N3O3. The summed E-state index contributed by atoms with van der Waals surface area (Å²) in [5.41, 5.74) is -0.437. The highest BCUT2D eigenvalue weighted by atomic mass is 16.5. The van der Waals surface area contributed by atoms with Gasteiger partial charge in [-0.2, -0.15) is 4.98 Å². The fourth-order valence-electron chi connectivity index (χ4n) is 2.79. The Labute approximate surface area is 124 Å². The Bertz CT molecular complexity index is 473. The molecule has 1 aliphatic rings. The fourth-order valence-corrected chi connectivity index (χ4v) is 2.79. The van der Waals surface area contributed by atoms with Crippen molar-refractivity contribution >= 4 is 11.9 Å². The molecule has 0 amide bonds. The van der Waals surface area contributed by atoms with Crippen LogP contribution in [0.4, 0.5) is 5.95 Å². The van der Waals surface area contributed by atoms with Crippen molar-refractivity contribution < 1.29 is 14.6 Å². The molecule has 1 heterocycles. The van der Waals surface area contributed by atoms with Crippen LogP contribution in [0.3, 0.4) is 0 Å². The fraction of sp³-hybridized carbons (Fsp3) is 0.667. The molecule has 21 heavy (non-hydrogen) atoms. The average Bonchev–Trinajstić information content (AvgIpc) is 2.45. The molecule has 0 radical (unpaired) electrons. The Morgan fingerprint density at radius 2 is 2.19 bits per heavy atom. The number of nitrogens with zero attached hydrogens (tertiary/aromatic N) is 2. The van der Waals surface area contributed by atoms with E-state index in [0.717, 1.165) is 38.5 Å². The van der Waals surface area contributed by atoms with Crippen LogP contribution >= 0.6 is 0 Å². The van der Waals surface area contributed by atoms with Gasteiger partial charge in [-0.15, -0.1) is 0 Å². The van der Waals surface area contributed by atoms with Gasteiger partial charge >= 0.3 is 5.97 Å². The summed E-state index contributed by atoms with van der Waals surface area (Å²) in [5.74, 6) is 0.185. The first-order chi connectivity index (χ1) is 10.1. The zero-order chi connectivity index (χ0) is 15.1. The summed E-state index contributed by atoms with van der Waals surface area (Å²) in [6, 6.07) is 1.71. The van der Waals surface area contributed by atoms with E-state index in [1.54, 1.807) is 12.3 Å². The first kappa shape index (κ1) is 15.5. The van der Waals surface area contributed by atoms with Gasteiger partial charge in [-0.05, 0) is 19.3 Å². The number of hydrogen-bond acceptors (Lipinski definition) is 5. The van der Waals surface area contributed by atoms with E-state index < -0.39 is 11.5 Å². The SMILES string of the molecule is CCCOc1ccnc(NC2(CC(=O)O)CCCCC2)n1. The van der Waals surface area contributed by atoms with Crippen LogP contribution in [-0.2, 0) is 4.79 Å². The molecule has 0 spiro atoms. The molecule has 0 aliphatic heterocycles. The minimum absolute atomic E-state index is 0.0937. The maximum Gasteiger partial charge on any atom is 0.305 e. The number of hydrogen-bond donors (Lipinski definition) is 2. The van der Waals surface area contributed by atoms with Gasteiger partial charge in [-0.25, -0.2) is 4.98 Å². The molecule has 0 bridgehead atoms. The molecule has 0 unspecified atom stereocenters. The van der Waals surface area contributed by atoms with Gasteiger partial charge in [0, 0.05) is 12.3 Å². The monoisotopic (exact) mass is 293 g/mol. The third-order valence-corrected chi connectivity index (χ3v) is 3.76. The highest BCUT2D eigenvalue weighted by Gasteiger charge is 2.35. The number of aliphatic carboxylic acids is 1. The largest absolute Gasteiger partial charge is 0.481 e. The van der Waals surface area contributed by atoms with E-state index in [1.807, 2.05) is 6.92 Å². The number of anilines is 1. The molecule has 1 aliphatic carbocycles. The van der Waals surface area contributed by atoms with Crippen LogP contribution in [0.1, 0.15) is 51.9 Å². The number of aromatic nitrogens is 2. The number of nitrogens with one attached hydrogen (secondary N) is 1. The van der Waals surface area contributed by atoms with Crippen molar-refractivity contribution in [3.05, 3.63) is 12.3 Å². The predicted molar refractivity (Wildman–Crippen MR) is 79.5 cm³/mol. The smallest absolute Gasteiger partial charge is 0.305 e. The first-order valence-electron chi connectivity index (χ1n) is 7.59. The lowest BCUT2D eigenvalue weighted by Gasteiger charge is -2.37. The molecule has 0 aromatic carbocycles. The zero-order valence-corrected chi connectivity index (χ0v) is 12.5. The summed E-state index contributed by atoms with van der Waals surface area (Å²) in [6.45, 7) is 2.64. The van der Waals surface area contributed by atoms with Crippen molar-refractivity contribution in [1.29, 1.82) is 0 Å². The molecule has 1 fully saturated rings. The lowest BCUT2D eigenvalue weighted by Crippen LogP contribution is -2.42. The lowest BCUT2D eigenvalue weighted by atomic mass is 9.79. The quantitative estimate of drug-likeness (QED) is 0.804. The second-order valence-electron chi connectivity index (χ2n) is 5.60. The molecule has 2 rings (SSSR count). The van der Waals surface area contributed by atoms with E-state index in [1.165, 1.54) is 0 Å². The van der Waals surface area contributed by atoms with Crippen LogP contribution in [0.5, 0.6) is 5.88 Å². The van der Waals surface area contributed by atoms with Gasteiger partial charge in [0.25, 0.3) is 0 Å². The molecule has 1 saturated carbocycles. The number of carboxylic acids is 1. The number of rotatable bonds is 7. The van der Waals surface area contributed by atoms with Gasteiger partial charge in [-0.1, -0.05) is 26.2 Å². The second-order valence-corrected chi connectivity index (χ2v) is 5.60. The van der Waals surface area contributed by atoms with Crippen LogP contribution in [0.25, 0.3) is 0 Å². The molecule has 1 aromatic heterocycles. The highest BCUT2D eigenvalue weighted by Crippen LogP contribution is 2.33. The number of carboxylic acid groups (broad SMARTS) is 1. The Morgan fingerprint density at radius 3 is 2.86 bits per heavy atom. The minimum Gasteiger partial charge on any atom is -0.481 e. The van der Waals surface area contributed by atoms with Crippen molar-refractivity contribution in [2.75, 3.05) is 11.9 Å². The lowest BCUT2D eigenvalue weighted by molar-refractivity contribution is -0.138. The van der Waals surface area contributed by atoms with Gasteiger partial charge in [0.1, 0.15) is 0 Å². The van der Waals surface area contributed by atoms with Crippen LogP contribution < -0.4 is 10.1 Å². The molecule has 0 saturated heterocycles. The van der Waals surface area contributed by atoms with Crippen LogP contribution in [-0.4, -0.2) is 33.2 Å². The number of carbonyl (C=O) groups is 1. The van der Waals surface area contributed by atoms with E-state index in [2.05, 4.69) is 15.3 Å². The Balaban J connectivity index is 2.10. The van der Waals surface area contributed by atoms with Crippen LogP contribution in [0.15, 0.2) is 12.3 Å². The first-order valence-corrected chi connectivity index (χ1v) is 7.59. The zero-order valence-electron chi connectivity index (χ0n) is 12.5. The molecule has 116 valence electrons. The summed E-state index contributed by atoms with van der Waals surface area (Å²) in [5, 5.41) is 12.4. The van der Waals surface area contributed by atoms with Crippen molar-refractivity contribution in [3.63, 3.8) is 0 Å². The normalized spacial score (nSPS) is 17.2. The average molecular weight is 293 g/mol. The van der Waals surface area contributed by atoms with E-state index >= 15 is 0 Å². The topological polar surface area (TPSA) is 84.3 Å². The van der Waals surface area contributed by atoms with Crippen molar-refractivity contribution in [2.24, 2.45) is 0 Å². The maximum atomic E-state index is 11.2. The summed E-state index contributed by atoms with van der Waals surface area (Å²) in [6.07, 6.45) is 7.54. The van der Waals surface area contributed by atoms with Crippen LogP contribution in [0, 0.1) is 0 Å². The van der Waals surface area contributed by atoms with Gasteiger partial charge in [-0.3, -0.25) is 4.79 Å². The summed E-state index contributed by atoms with van der Waals surface area (Å²) in [4.78, 5) is 19.7. The predicted octanol–water partition coefficient (Wildman–Crippen LogP) is 2.85. The van der Waals surface area contributed by atoms with Gasteiger partial charge in [0.05, 0.1) is 18.6 Å². The summed E-state index contributed by atoms with van der Waals surface area (Å²) in [7, 11) is 0. The molecule has 0 atom stereocenters. The van der Waals surface area contributed by atoms with Gasteiger partial charge in [0.2, 0.25) is 11.8 Å².